The van der Waals surface area contributed by atoms with Gasteiger partial charge in [-0.3, -0.25) is 5.10 Å². The third-order valence-corrected chi connectivity index (χ3v) is 5.63. The molecule has 32 heavy (non-hydrogen) atoms. The van der Waals surface area contributed by atoms with Crippen LogP contribution in [0.15, 0.2) is 47.5 Å². The normalized spacial score (nSPS) is 11.5. The fraction of sp³-hybridized carbons (Fsp3) is 0.150. The molecule has 0 unspecified atom stereocenters. The van der Waals surface area contributed by atoms with Gasteiger partial charge in [-0.1, -0.05) is 12.1 Å². The van der Waals surface area contributed by atoms with Gasteiger partial charge in [0.25, 0.3) is 0 Å². The maximum absolute atomic E-state index is 14.2. The van der Waals surface area contributed by atoms with Crippen molar-refractivity contribution in [3.63, 3.8) is 0 Å². The number of hydrogen-bond acceptors (Lipinski definition) is 8. The summed E-state index contributed by atoms with van der Waals surface area (Å²) in [4.78, 5) is 8.39. The van der Waals surface area contributed by atoms with Crippen molar-refractivity contribution in [3.8, 4) is 5.75 Å². The Hall–Kier alpha value is -3.77. The molecule has 4 aromatic rings. The number of nitrogens with one attached hydrogen (secondary N) is 3. The number of nitrogens with two attached hydrogens (primary N) is 1. The lowest BCUT2D eigenvalue weighted by Gasteiger charge is -2.10. The predicted octanol–water partition coefficient (Wildman–Crippen LogP) is 2.81. The van der Waals surface area contributed by atoms with Gasteiger partial charge in [-0.15, -0.1) is 0 Å². The van der Waals surface area contributed by atoms with Gasteiger partial charge in [0.05, 0.1) is 24.2 Å². The maximum atomic E-state index is 14.2. The van der Waals surface area contributed by atoms with Gasteiger partial charge in [0.2, 0.25) is 16.0 Å². The average Bonchev–Trinajstić information content (AvgIpc) is 3.18. The van der Waals surface area contributed by atoms with Crippen LogP contribution < -0.4 is 20.5 Å². The Morgan fingerprint density at radius 3 is 2.78 bits per heavy atom. The fourth-order valence-electron chi connectivity index (χ4n) is 3.10. The molecule has 0 bridgehead atoms. The topological polar surface area (TPSA) is 148 Å². The first-order chi connectivity index (χ1) is 15.2. The van der Waals surface area contributed by atoms with Crippen molar-refractivity contribution in [2.75, 3.05) is 17.7 Å². The van der Waals surface area contributed by atoms with Crippen LogP contribution in [0.5, 0.6) is 5.75 Å². The van der Waals surface area contributed by atoms with E-state index in [0.29, 0.717) is 46.0 Å². The molecule has 10 nitrogen and oxygen atoms in total. The summed E-state index contributed by atoms with van der Waals surface area (Å²) in [5.74, 6) is 0.686. The minimum absolute atomic E-state index is 0.110. The molecule has 5 N–H and O–H groups in total. The minimum Gasteiger partial charge on any atom is -0.497 e. The van der Waals surface area contributed by atoms with Crippen LogP contribution in [0.4, 0.5) is 21.8 Å². The predicted molar refractivity (Wildman–Crippen MR) is 118 cm³/mol. The zero-order valence-electron chi connectivity index (χ0n) is 17.2. The molecule has 0 atom stereocenters. The SMILES string of the molecule is COc1cc(Nc2nccc(NCc3n[nH]c4c(F)c(C)ccc34)n2)cc(S(N)(=O)=O)c1. The van der Waals surface area contributed by atoms with E-state index >= 15 is 0 Å². The number of aryl methyl sites for hydroxylation is 1. The number of nitrogens with zero attached hydrogens (tertiary/aromatic N) is 3. The van der Waals surface area contributed by atoms with Crippen molar-refractivity contribution in [2.24, 2.45) is 5.14 Å². The quantitative estimate of drug-likeness (QED) is 0.331. The lowest BCUT2D eigenvalue weighted by Crippen LogP contribution is -2.12. The Morgan fingerprint density at radius 2 is 2.03 bits per heavy atom. The molecule has 0 aliphatic heterocycles. The van der Waals surface area contributed by atoms with Gasteiger partial charge in [-0.2, -0.15) is 10.1 Å². The van der Waals surface area contributed by atoms with Crippen LogP contribution in [0.1, 0.15) is 11.3 Å². The van der Waals surface area contributed by atoms with Crippen LogP contribution >= 0.6 is 0 Å². The Labute approximate surface area is 183 Å². The summed E-state index contributed by atoms with van der Waals surface area (Å²) in [7, 11) is -2.51. The number of benzene rings is 2. The van der Waals surface area contributed by atoms with E-state index in [4.69, 9.17) is 9.88 Å². The number of anilines is 3. The van der Waals surface area contributed by atoms with Crippen molar-refractivity contribution in [2.45, 2.75) is 18.4 Å². The van der Waals surface area contributed by atoms with Crippen molar-refractivity contribution >= 4 is 38.4 Å². The maximum Gasteiger partial charge on any atom is 0.238 e. The number of aromatic nitrogens is 4. The Kier molecular flexibility index (Phi) is 5.63. The summed E-state index contributed by atoms with van der Waals surface area (Å²) in [6, 6.07) is 9.43. The van der Waals surface area contributed by atoms with E-state index in [9.17, 15) is 12.8 Å². The van der Waals surface area contributed by atoms with Gasteiger partial charge in [0.15, 0.2) is 5.82 Å². The van der Waals surface area contributed by atoms with Crippen molar-refractivity contribution < 1.29 is 17.5 Å². The Morgan fingerprint density at radius 1 is 1.22 bits per heavy atom. The second-order valence-corrected chi connectivity index (χ2v) is 8.54. The van der Waals surface area contributed by atoms with Crippen LogP contribution in [0, 0.1) is 12.7 Å². The number of sulfonamides is 1. The van der Waals surface area contributed by atoms with Crippen LogP contribution in [0.25, 0.3) is 10.9 Å². The summed E-state index contributed by atoms with van der Waals surface area (Å²) >= 11 is 0. The van der Waals surface area contributed by atoms with Gasteiger partial charge in [0.1, 0.15) is 17.1 Å². The first-order valence-electron chi connectivity index (χ1n) is 9.42. The smallest absolute Gasteiger partial charge is 0.238 e. The highest BCUT2D eigenvalue weighted by Gasteiger charge is 2.13. The summed E-state index contributed by atoms with van der Waals surface area (Å²) in [5.41, 5.74) is 1.91. The zero-order chi connectivity index (χ0) is 22.9. The molecule has 0 saturated heterocycles. The van der Waals surface area contributed by atoms with E-state index in [2.05, 4.69) is 30.8 Å². The van der Waals surface area contributed by atoms with Crippen LogP contribution in [0.2, 0.25) is 0 Å². The molecule has 4 rings (SSSR count). The number of fused-ring (bicyclic) bond motifs is 1. The number of methoxy groups -OCH3 is 1. The molecule has 0 radical (unpaired) electrons. The van der Waals surface area contributed by atoms with Crippen molar-refractivity contribution in [3.05, 3.63) is 59.7 Å². The number of rotatable bonds is 7. The molecule has 166 valence electrons. The molecule has 0 aliphatic rings. The van der Waals surface area contributed by atoms with Gasteiger partial charge >= 0.3 is 0 Å². The Bertz CT molecular complexity index is 1410. The number of H-pyrrole nitrogens is 1. The molecule has 2 heterocycles. The molecule has 0 fully saturated rings. The average molecular weight is 457 g/mol. The molecular weight excluding hydrogens is 437 g/mol. The summed E-state index contributed by atoms with van der Waals surface area (Å²) in [6.45, 7) is 1.99. The highest BCUT2D eigenvalue weighted by Crippen LogP contribution is 2.26. The third-order valence-electron chi connectivity index (χ3n) is 4.74. The van der Waals surface area contributed by atoms with Crippen LogP contribution in [-0.4, -0.2) is 35.7 Å². The molecular formula is C20H20FN7O3S. The number of aromatic amines is 1. The number of ether oxygens (including phenoxy) is 1. The second kappa shape index (κ2) is 8.40. The van der Waals surface area contributed by atoms with E-state index in [-0.39, 0.29) is 16.7 Å². The summed E-state index contributed by atoms with van der Waals surface area (Å²) in [6.07, 6.45) is 1.53. The lowest BCUT2D eigenvalue weighted by molar-refractivity contribution is 0.413. The second-order valence-electron chi connectivity index (χ2n) is 6.98. The van der Waals surface area contributed by atoms with E-state index in [1.807, 2.05) is 6.07 Å². The van der Waals surface area contributed by atoms with Crippen molar-refractivity contribution in [1.29, 1.82) is 0 Å². The molecule has 0 aliphatic carbocycles. The van der Waals surface area contributed by atoms with Crippen LogP contribution in [0.3, 0.4) is 0 Å². The molecule has 2 aromatic carbocycles. The van der Waals surface area contributed by atoms with Crippen molar-refractivity contribution in [1.82, 2.24) is 20.2 Å². The third kappa shape index (κ3) is 4.45. The lowest BCUT2D eigenvalue weighted by atomic mass is 10.1. The monoisotopic (exact) mass is 457 g/mol. The van der Waals surface area contributed by atoms with Gasteiger partial charge < -0.3 is 15.4 Å². The first kappa shape index (κ1) is 21.5. The highest BCUT2D eigenvalue weighted by atomic mass is 32.2. The van der Waals surface area contributed by atoms with Gasteiger partial charge in [0, 0.05) is 29.4 Å². The standard InChI is InChI=1S/C20H20FN7O3S/c1-11-3-4-15-16(27-28-19(15)18(11)21)10-24-17-5-6-23-20(26-17)25-12-7-13(31-2)9-14(8-12)32(22,29)30/h3-9H,10H2,1-2H3,(H,27,28)(H2,22,29,30)(H2,23,24,25,26). The summed E-state index contributed by atoms with van der Waals surface area (Å²) < 4.78 is 42.8. The highest BCUT2D eigenvalue weighted by molar-refractivity contribution is 7.89. The Balaban J connectivity index is 1.53. The van der Waals surface area contributed by atoms with E-state index < -0.39 is 10.0 Å². The summed E-state index contributed by atoms with van der Waals surface area (Å²) in [5, 5.41) is 18.9. The minimum atomic E-state index is -3.93. The largest absolute Gasteiger partial charge is 0.497 e. The zero-order valence-corrected chi connectivity index (χ0v) is 18.0. The van der Waals surface area contributed by atoms with E-state index in [0.717, 1.165) is 0 Å². The molecule has 12 heteroatoms. The molecule has 0 saturated carbocycles. The number of halogens is 1. The molecule has 2 aromatic heterocycles. The molecule has 0 spiro atoms. The number of hydrogen-bond donors (Lipinski definition) is 4. The van der Waals surface area contributed by atoms with Gasteiger partial charge in [-0.25, -0.2) is 22.9 Å². The van der Waals surface area contributed by atoms with Crippen LogP contribution in [-0.2, 0) is 16.6 Å². The van der Waals surface area contributed by atoms with E-state index in [1.165, 1.54) is 25.4 Å². The molecule has 0 amide bonds. The first-order valence-corrected chi connectivity index (χ1v) is 11.0. The number of primary sulfonamides is 1. The fourth-order valence-corrected chi connectivity index (χ4v) is 3.67. The van der Waals surface area contributed by atoms with Gasteiger partial charge in [-0.05, 0) is 24.6 Å². The van der Waals surface area contributed by atoms with E-state index in [1.54, 1.807) is 25.1 Å².